The molecule has 130 valence electrons. The molecular weight excluding hydrogens is 308 g/mol. The molecule has 2 aliphatic heterocycles. The van der Waals surface area contributed by atoms with Crippen LogP contribution in [0.2, 0.25) is 0 Å². The van der Waals surface area contributed by atoms with Crippen LogP contribution >= 0.6 is 0 Å². The van der Waals surface area contributed by atoms with Crippen LogP contribution in [-0.4, -0.2) is 28.9 Å². The number of aryl methyl sites for hydroxylation is 1. The summed E-state index contributed by atoms with van der Waals surface area (Å²) in [7, 11) is 0. The third kappa shape index (κ3) is 3.62. The monoisotopic (exact) mass is 334 g/mol. The molecular formula is C22H26N2O. The first-order chi connectivity index (χ1) is 12.2. The molecule has 1 N–H and O–H groups in total. The third-order valence-corrected chi connectivity index (χ3v) is 5.71. The van der Waals surface area contributed by atoms with Gasteiger partial charge in [0.1, 0.15) is 0 Å². The molecule has 0 spiro atoms. The van der Waals surface area contributed by atoms with Crippen molar-refractivity contribution < 1.29 is 4.79 Å². The van der Waals surface area contributed by atoms with Gasteiger partial charge in [0.2, 0.25) is 0 Å². The average molecular weight is 334 g/mol. The Labute approximate surface area is 150 Å². The second-order valence-electron chi connectivity index (χ2n) is 7.55. The van der Waals surface area contributed by atoms with Gasteiger partial charge in [0.25, 0.3) is 5.91 Å². The topological polar surface area (TPSA) is 32.3 Å². The number of fused-ring (bicyclic) bond motifs is 2. The molecule has 2 aliphatic rings. The largest absolute Gasteiger partial charge is 0.349 e. The van der Waals surface area contributed by atoms with Gasteiger partial charge in [-0.3, -0.25) is 9.69 Å². The normalized spacial score (nSPS) is 25.7. The molecule has 2 heterocycles. The summed E-state index contributed by atoms with van der Waals surface area (Å²) < 4.78 is 0. The van der Waals surface area contributed by atoms with E-state index in [1.807, 2.05) is 31.2 Å². The Balaban J connectivity index is 1.39. The first kappa shape index (κ1) is 16.3. The number of hydrogen-bond acceptors (Lipinski definition) is 2. The summed E-state index contributed by atoms with van der Waals surface area (Å²) in [6.45, 7) is 3.06. The van der Waals surface area contributed by atoms with E-state index in [0.717, 1.165) is 30.5 Å². The number of nitrogens with zero attached hydrogens (tertiary/aromatic N) is 1. The van der Waals surface area contributed by atoms with Crippen molar-refractivity contribution >= 4 is 5.91 Å². The van der Waals surface area contributed by atoms with Crippen LogP contribution in [-0.2, 0) is 6.54 Å². The van der Waals surface area contributed by atoms with E-state index in [4.69, 9.17) is 0 Å². The van der Waals surface area contributed by atoms with E-state index in [-0.39, 0.29) is 5.91 Å². The quantitative estimate of drug-likeness (QED) is 0.919. The highest BCUT2D eigenvalue weighted by Crippen LogP contribution is 2.36. The maximum Gasteiger partial charge on any atom is 0.251 e. The van der Waals surface area contributed by atoms with Gasteiger partial charge in [-0.05, 0) is 50.3 Å². The maximum absolute atomic E-state index is 12.5. The lowest BCUT2D eigenvalue weighted by Crippen LogP contribution is -2.49. The summed E-state index contributed by atoms with van der Waals surface area (Å²) in [6.07, 6.45) is 4.66. The fourth-order valence-electron chi connectivity index (χ4n) is 4.50. The van der Waals surface area contributed by atoms with Crippen molar-refractivity contribution in [2.75, 3.05) is 0 Å². The highest BCUT2D eigenvalue weighted by Gasteiger charge is 2.40. The molecule has 3 nitrogen and oxygen atoms in total. The fraction of sp³-hybridized carbons (Fsp3) is 0.409. The number of piperidine rings is 1. The van der Waals surface area contributed by atoms with Gasteiger partial charge in [-0.2, -0.15) is 0 Å². The van der Waals surface area contributed by atoms with E-state index in [9.17, 15) is 4.79 Å². The minimum Gasteiger partial charge on any atom is -0.349 e. The minimum atomic E-state index is 0.0737. The number of amides is 1. The Kier molecular flexibility index (Phi) is 4.58. The molecule has 25 heavy (non-hydrogen) atoms. The van der Waals surface area contributed by atoms with E-state index in [2.05, 4.69) is 40.5 Å². The molecule has 2 fully saturated rings. The summed E-state index contributed by atoms with van der Waals surface area (Å²) >= 11 is 0. The number of nitrogens with one attached hydrogen (secondary N) is 1. The number of hydrogen-bond donors (Lipinski definition) is 1. The zero-order valence-corrected chi connectivity index (χ0v) is 14.8. The SMILES string of the molecule is Cc1cccc(C(=O)NC2CC3CCC(C2)N3Cc2ccccc2)c1. The minimum absolute atomic E-state index is 0.0737. The van der Waals surface area contributed by atoms with E-state index in [0.29, 0.717) is 18.1 Å². The molecule has 1 amide bonds. The van der Waals surface area contributed by atoms with Crippen molar-refractivity contribution in [2.24, 2.45) is 0 Å². The van der Waals surface area contributed by atoms with E-state index >= 15 is 0 Å². The van der Waals surface area contributed by atoms with Crippen LogP contribution in [0.1, 0.15) is 47.2 Å². The number of carbonyl (C=O) groups excluding carboxylic acids is 1. The highest BCUT2D eigenvalue weighted by atomic mass is 16.1. The molecule has 0 aromatic heterocycles. The lowest BCUT2D eigenvalue weighted by atomic mass is 9.96. The fourth-order valence-corrected chi connectivity index (χ4v) is 4.50. The Morgan fingerprint density at radius 3 is 2.44 bits per heavy atom. The second-order valence-corrected chi connectivity index (χ2v) is 7.55. The van der Waals surface area contributed by atoms with Crippen molar-refractivity contribution in [3.63, 3.8) is 0 Å². The summed E-state index contributed by atoms with van der Waals surface area (Å²) in [5.41, 5.74) is 3.30. The van der Waals surface area contributed by atoms with Crippen LogP contribution in [0, 0.1) is 6.92 Å². The maximum atomic E-state index is 12.5. The van der Waals surface area contributed by atoms with Gasteiger partial charge in [-0.15, -0.1) is 0 Å². The number of rotatable bonds is 4. The molecule has 0 saturated carbocycles. The molecule has 0 radical (unpaired) electrons. The predicted molar refractivity (Wildman–Crippen MR) is 100 cm³/mol. The summed E-state index contributed by atoms with van der Waals surface area (Å²) in [4.78, 5) is 15.2. The second kappa shape index (κ2) is 7.01. The van der Waals surface area contributed by atoms with Crippen molar-refractivity contribution in [1.82, 2.24) is 10.2 Å². The molecule has 2 atom stereocenters. The van der Waals surface area contributed by atoms with Gasteiger partial charge in [0.15, 0.2) is 0 Å². The zero-order chi connectivity index (χ0) is 17.2. The van der Waals surface area contributed by atoms with Crippen molar-refractivity contribution in [2.45, 2.75) is 57.3 Å². The Morgan fingerprint density at radius 1 is 1.04 bits per heavy atom. The predicted octanol–water partition coefficient (Wildman–Crippen LogP) is 3.92. The molecule has 2 unspecified atom stereocenters. The summed E-state index contributed by atoms with van der Waals surface area (Å²) in [5, 5.41) is 3.28. The van der Waals surface area contributed by atoms with Crippen LogP contribution in [0.4, 0.5) is 0 Å². The first-order valence-corrected chi connectivity index (χ1v) is 9.36. The molecule has 2 bridgehead atoms. The number of carbonyl (C=O) groups is 1. The molecule has 2 saturated heterocycles. The van der Waals surface area contributed by atoms with Gasteiger partial charge in [0, 0.05) is 30.2 Å². The Morgan fingerprint density at radius 2 is 1.76 bits per heavy atom. The van der Waals surface area contributed by atoms with Crippen molar-refractivity contribution in [3.8, 4) is 0 Å². The summed E-state index contributed by atoms with van der Waals surface area (Å²) in [5.74, 6) is 0.0737. The Bertz CT molecular complexity index is 729. The molecule has 2 aromatic carbocycles. The van der Waals surface area contributed by atoms with Gasteiger partial charge in [0.05, 0.1) is 0 Å². The smallest absolute Gasteiger partial charge is 0.251 e. The first-order valence-electron chi connectivity index (χ1n) is 9.36. The standard InChI is InChI=1S/C22H26N2O/c1-16-6-5-9-18(12-16)22(25)23-19-13-20-10-11-21(14-19)24(20)15-17-7-3-2-4-8-17/h2-9,12,19-21H,10-11,13-15H2,1H3,(H,23,25). The molecule has 3 heteroatoms. The van der Waals surface area contributed by atoms with Crippen molar-refractivity contribution in [1.29, 1.82) is 0 Å². The van der Waals surface area contributed by atoms with Crippen LogP contribution < -0.4 is 5.32 Å². The third-order valence-electron chi connectivity index (χ3n) is 5.71. The highest BCUT2D eigenvalue weighted by molar-refractivity contribution is 5.94. The van der Waals surface area contributed by atoms with Crippen LogP contribution in [0.5, 0.6) is 0 Å². The summed E-state index contributed by atoms with van der Waals surface area (Å²) in [6, 6.07) is 20.1. The lowest BCUT2D eigenvalue weighted by molar-refractivity contribution is 0.0827. The van der Waals surface area contributed by atoms with E-state index in [1.54, 1.807) is 0 Å². The van der Waals surface area contributed by atoms with Gasteiger partial charge >= 0.3 is 0 Å². The average Bonchev–Trinajstić information content (AvgIpc) is 2.85. The van der Waals surface area contributed by atoms with Gasteiger partial charge in [-0.1, -0.05) is 48.0 Å². The molecule has 4 rings (SSSR count). The van der Waals surface area contributed by atoms with E-state index < -0.39 is 0 Å². The zero-order valence-electron chi connectivity index (χ0n) is 14.8. The Hall–Kier alpha value is -2.13. The molecule has 0 aliphatic carbocycles. The van der Waals surface area contributed by atoms with E-state index in [1.165, 1.54) is 18.4 Å². The molecule has 2 aromatic rings. The van der Waals surface area contributed by atoms with Crippen LogP contribution in [0.3, 0.4) is 0 Å². The van der Waals surface area contributed by atoms with Gasteiger partial charge in [-0.25, -0.2) is 0 Å². The van der Waals surface area contributed by atoms with Crippen molar-refractivity contribution in [3.05, 3.63) is 71.3 Å². The lowest BCUT2D eigenvalue weighted by Gasteiger charge is -2.39. The van der Waals surface area contributed by atoms with Crippen LogP contribution in [0.25, 0.3) is 0 Å². The number of benzene rings is 2. The van der Waals surface area contributed by atoms with Crippen LogP contribution in [0.15, 0.2) is 54.6 Å². The van der Waals surface area contributed by atoms with Gasteiger partial charge < -0.3 is 5.32 Å².